The van der Waals surface area contributed by atoms with Gasteiger partial charge in [0.25, 0.3) is 11.8 Å². The molecule has 54 heavy (non-hydrogen) atoms. The van der Waals surface area contributed by atoms with Crippen molar-refractivity contribution >= 4 is 42.4 Å². The highest BCUT2D eigenvalue weighted by Crippen LogP contribution is 2.60. The van der Waals surface area contributed by atoms with Crippen LogP contribution in [0.4, 0.5) is 11.4 Å². The number of ether oxygens (including phenoxy) is 2. The van der Waals surface area contributed by atoms with Crippen molar-refractivity contribution in [1.82, 2.24) is 4.90 Å². The first-order valence-electron chi connectivity index (χ1n) is 18.7. The van der Waals surface area contributed by atoms with Crippen LogP contribution in [0.3, 0.4) is 0 Å². The number of aliphatic hydroxyl groups excluding tert-OH is 2. The third kappa shape index (κ3) is 6.53. The molecule has 3 amide bonds. The van der Waals surface area contributed by atoms with E-state index in [1.807, 2.05) is 66.7 Å². The number of methoxy groups -OCH3 is 1. The Morgan fingerprint density at radius 3 is 2.31 bits per heavy atom. The molecule has 4 aromatic rings. The monoisotopic (exact) mass is 747 g/mol. The average Bonchev–Trinajstić information content (AvgIpc) is 3.60. The fraction of sp³-hybridized carbons (Fsp3) is 0.372. The molecule has 0 aliphatic carbocycles. The molecule has 10 nitrogen and oxygen atoms in total. The van der Waals surface area contributed by atoms with Crippen molar-refractivity contribution < 1.29 is 34.1 Å². The lowest BCUT2D eigenvalue weighted by molar-refractivity contribution is -0.151. The van der Waals surface area contributed by atoms with E-state index in [1.54, 1.807) is 29.0 Å². The van der Waals surface area contributed by atoms with Crippen molar-refractivity contribution in [2.75, 3.05) is 23.9 Å². The number of amides is 3. The second-order valence-corrected chi connectivity index (χ2v) is 20.1. The Hall–Kier alpha value is -4.81. The van der Waals surface area contributed by atoms with Crippen LogP contribution in [0.1, 0.15) is 42.5 Å². The molecule has 4 aromatic carbocycles. The Balaban J connectivity index is 1.24. The van der Waals surface area contributed by atoms with Gasteiger partial charge in [0.1, 0.15) is 11.9 Å². The number of hydrogen-bond donors (Lipinski definition) is 3. The van der Waals surface area contributed by atoms with Gasteiger partial charge in [-0.15, -0.1) is 0 Å². The smallest absolute Gasteiger partial charge is 0.264 e. The van der Waals surface area contributed by atoms with E-state index in [4.69, 9.17) is 9.47 Å². The molecule has 3 heterocycles. The number of anilines is 2. The van der Waals surface area contributed by atoms with Gasteiger partial charge in [0, 0.05) is 23.7 Å². The third-order valence-corrected chi connectivity index (χ3v) is 16.3. The fourth-order valence-electron chi connectivity index (χ4n) is 9.08. The van der Waals surface area contributed by atoms with E-state index in [0.717, 1.165) is 33.7 Å². The number of carbonyl (C=O) groups excluding carboxylic acids is 3. The summed E-state index contributed by atoms with van der Waals surface area (Å²) in [7, 11) is -0.854. The standard InChI is InChI=1S/C43H49N3O7Si/c1-27-40(54(4,5)35-20-18-34(52-3)19-21-35)38(23-39(49)45-25-31-11-7-6-10-30(31)22-33(45)26-47)53-43(27)36-12-8-9-13-37(36)46(42(43)51)24-29-14-16-32(17-15-29)44-41(50)28(2)48/h6-21,27-28,33,38,40,47-48H,22-26H2,1-5H3,(H,44,50)/t27-,28+,33+,38+,40-,43+/m1/s1. The van der Waals surface area contributed by atoms with Gasteiger partial charge in [0.2, 0.25) is 5.91 Å². The van der Waals surface area contributed by atoms with Gasteiger partial charge in [-0.2, -0.15) is 0 Å². The van der Waals surface area contributed by atoms with Gasteiger partial charge in [0.05, 0.1) is 52.6 Å². The second kappa shape index (κ2) is 14.8. The number of aliphatic hydroxyl groups is 2. The average molecular weight is 748 g/mol. The third-order valence-electron chi connectivity index (χ3n) is 11.9. The van der Waals surface area contributed by atoms with Crippen molar-refractivity contribution in [2.45, 2.75) is 82.3 Å². The highest BCUT2D eigenvalue weighted by Gasteiger charge is 2.66. The zero-order chi connectivity index (χ0) is 38.4. The van der Waals surface area contributed by atoms with Crippen LogP contribution in [0.5, 0.6) is 5.75 Å². The molecule has 282 valence electrons. The van der Waals surface area contributed by atoms with Gasteiger partial charge in [-0.05, 0) is 65.9 Å². The molecule has 6 atom stereocenters. The van der Waals surface area contributed by atoms with Crippen LogP contribution < -0.4 is 20.1 Å². The molecule has 3 N–H and O–H groups in total. The first-order valence-corrected chi connectivity index (χ1v) is 21.8. The molecule has 0 saturated carbocycles. The molecule has 3 aliphatic rings. The summed E-state index contributed by atoms with van der Waals surface area (Å²) in [4.78, 5) is 45.3. The molecule has 3 aliphatic heterocycles. The molecule has 1 spiro atoms. The molecule has 1 fully saturated rings. The van der Waals surface area contributed by atoms with Crippen molar-refractivity contribution in [3.63, 3.8) is 0 Å². The summed E-state index contributed by atoms with van der Waals surface area (Å²) in [5.41, 5.74) is 3.73. The first-order chi connectivity index (χ1) is 25.9. The zero-order valence-electron chi connectivity index (χ0n) is 31.5. The molecule has 1 saturated heterocycles. The first kappa shape index (κ1) is 37.5. The lowest BCUT2D eigenvalue weighted by Gasteiger charge is -2.39. The molecule has 7 rings (SSSR count). The summed E-state index contributed by atoms with van der Waals surface area (Å²) in [6.45, 7) is 8.65. The molecule has 0 aromatic heterocycles. The molecule has 0 unspecified atom stereocenters. The SMILES string of the molecule is COc1ccc([Si](C)(C)[C@H]2[C@H](CC(=O)N3Cc4ccccc4C[C@H]3CO)O[C@@]3(C(=O)N(Cc4ccc(NC(=O)[C@H](C)O)cc4)c4ccccc43)[C@@H]2C)cc1. The van der Waals surface area contributed by atoms with Crippen molar-refractivity contribution in [1.29, 1.82) is 0 Å². The lowest BCUT2D eigenvalue weighted by Crippen LogP contribution is -2.52. The summed E-state index contributed by atoms with van der Waals surface area (Å²) >= 11 is 0. The predicted octanol–water partition coefficient (Wildman–Crippen LogP) is 5.11. The van der Waals surface area contributed by atoms with Crippen LogP contribution in [0.2, 0.25) is 18.6 Å². The van der Waals surface area contributed by atoms with Crippen molar-refractivity contribution in [2.24, 2.45) is 5.92 Å². The van der Waals surface area contributed by atoms with Crippen LogP contribution in [0.25, 0.3) is 0 Å². The maximum Gasteiger partial charge on any atom is 0.264 e. The number of nitrogens with one attached hydrogen (secondary N) is 1. The summed E-state index contributed by atoms with van der Waals surface area (Å²) < 4.78 is 12.7. The minimum absolute atomic E-state index is 0.0805. The lowest BCUT2D eigenvalue weighted by atomic mass is 9.82. The van der Waals surface area contributed by atoms with Gasteiger partial charge in [-0.1, -0.05) is 91.9 Å². The minimum Gasteiger partial charge on any atom is -0.497 e. The van der Waals surface area contributed by atoms with Gasteiger partial charge >= 0.3 is 0 Å². The highest BCUT2D eigenvalue weighted by molar-refractivity contribution is 6.91. The zero-order valence-corrected chi connectivity index (χ0v) is 32.5. The summed E-state index contributed by atoms with van der Waals surface area (Å²) in [6.07, 6.45) is -1.05. The quantitative estimate of drug-likeness (QED) is 0.193. The minimum atomic E-state index is -2.50. The molecular formula is C43H49N3O7Si. The van der Waals surface area contributed by atoms with Gasteiger partial charge < -0.3 is 34.8 Å². The highest BCUT2D eigenvalue weighted by atomic mass is 28.3. The number of carbonyl (C=O) groups is 3. The normalized spacial score (nSPS) is 23.9. The van der Waals surface area contributed by atoms with E-state index in [0.29, 0.717) is 18.7 Å². The van der Waals surface area contributed by atoms with Crippen molar-refractivity contribution in [3.8, 4) is 5.75 Å². The van der Waals surface area contributed by atoms with E-state index >= 15 is 4.79 Å². The number of nitrogens with zero attached hydrogens (tertiary/aromatic N) is 2. The Labute approximate surface area is 317 Å². The van der Waals surface area contributed by atoms with E-state index in [1.165, 1.54) is 12.1 Å². The van der Waals surface area contributed by atoms with E-state index < -0.39 is 31.8 Å². The topological polar surface area (TPSA) is 129 Å². The Morgan fingerprint density at radius 1 is 0.981 bits per heavy atom. The molecule has 0 bridgehead atoms. The number of fused-ring (bicyclic) bond motifs is 3. The van der Waals surface area contributed by atoms with Gasteiger partial charge in [-0.3, -0.25) is 14.4 Å². The van der Waals surface area contributed by atoms with Gasteiger partial charge in [-0.25, -0.2) is 0 Å². The van der Waals surface area contributed by atoms with Crippen LogP contribution in [-0.4, -0.2) is 72.9 Å². The molecular weight excluding hydrogens is 699 g/mol. The molecule has 11 heteroatoms. The molecule has 0 radical (unpaired) electrons. The van der Waals surface area contributed by atoms with Crippen LogP contribution >= 0.6 is 0 Å². The fourth-order valence-corrected chi connectivity index (χ4v) is 13.1. The number of benzene rings is 4. The summed E-state index contributed by atoms with van der Waals surface area (Å²) in [5, 5.41) is 23.9. The van der Waals surface area contributed by atoms with Crippen LogP contribution in [0, 0.1) is 5.92 Å². The number of rotatable bonds is 10. The summed E-state index contributed by atoms with van der Waals surface area (Å²) in [5.74, 6) is -0.285. The Kier molecular flexibility index (Phi) is 10.3. The number of para-hydroxylation sites is 1. The maximum absolute atomic E-state index is 15.1. The second-order valence-electron chi connectivity index (χ2n) is 15.5. The van der Waals surface area contributed by atoms with Crippen molar-refractivity contribution in [3.05, 3.63) is 119 Å². The predicted molar refractivity (Wildman–Crippen MR) is 210 cm³/mol. The van der Waals surface area contributed by atoms with E-state index in [2.05, 4.69) is 43.5 Å². The van der Waals surface area contributed by atoms with Gasteiger partial charge in [0.15, 0.2) is 5.60 Å². The largest absolute Gasteiger partial charge is 0.497 e. The summed E-state index contributed by atoms with van der Waals surface area (Å²) in [6, 6.07) is 30.9. The van der Waals surface area contributed by atoms with E-state index in [-0.39, 0.29) is 48.9 Å². The van der Waals surface area contributed by atoms with Crippen LogP contribution in [-0.2, 0) is 44.2 Å². The Morgan fingerprint density at radius 2 is 1.65 bits per heavy atom. The van der Waals surface area contributed by atoms with Crippen LogP contribution in [0.15, 0.2) is 97.1 Å². The number of hydrogen-bond acceptors (Lipinski definition) is 7. The maximum atomic E-state index is 15.1. The Bertz CT molecular complexity index is 2040. The van der Waals surface area contributed by atoms with E-state index in [9.17, 15) is 19.8 Å².